The van der Waals surface area contributed by atoms with Crippen LogP contribution in [0.2, 0.25) is 0 Å². The first-order chi connectivity index (χ1) is 10.9. The van der Waals surface area contributed by atoms with Gasteiger partial charge in [0.2, 0.25) is 11.8 Å². The lowest BCUT2D eigenvalue weighted by Gasteiger charge is -2.16. The molecule has 7 heteroatoms. The number of benzene rings is 1. The number of hydrogen-bond donors (Lipinski definition) is 0. The first-order valence-corrected chi connectivity index (χ1v) is 7.48. The van der Waals surface area contributed by atoms with Gasteiger partial charge in [-0.15, -0.1) is 0 Å². The molecule has 1 aliphatic rings. The van der Waals surface area contributed by atoms with Gasteiger partial charge in [-0.1, -0.05) is 19.0 Å². The van der Waals surface area contributed by atoms with Crippen molar-refractivity contribution in [2.24, 2.45) is 0 Å². The van der Waals surface area contributed by atoms with E-state index in [0.29, 0.717) is 23.8 Å². The highest BCUT2D eigenvalue weighted by atomic mass is 19.1. The van der Waals surface area contributed by atoms with Crippen molar-refractivity contribution in [3.05, 3.63) is 47.1 Å². The van der Waals surface area contributed by atoms with Crippen molar-refractivity contribution in [1.82, 2.24) is 15.0 Å². The van der Waals surface area contributed by atoms with E-state index in [2.05, 4.69) is 10.1 Å². The van der Waals surface area contributed by atoms with E-state index in [9.17, 15) is 13.6 Å². The Labute approximate surface area is 132 Å². The van der Waals surface area contributed by atoms with Crippen molar-refractivity contribution in [1.29, 1.82) is 0 Å². The Morgan fingerprint density at radius 1 is 1.30 bits per heavy atom. The zero-order chi connectivity index (χ0) is 16.6. The van der Waals surface area contributed by atoms with Gasteiger partial charge in [0.25, 0.3) is 0 Å². The van der Waals surface area contributed by atoms with Crippen molar-refractivity contribution in [3.8, 4) is 0 Å². The van der Waals surface area contributed by atoms with Gasteiger partial charge in [-0.25, -0.2) is 8.78 Å². The summed E-state index contributed by atoms with van der Waals surface area (Å²) in [6, 6.07) is 3.27. The van der Waals surface area contributed by atoms with Gasteiger partial charge in [0.15, 0.2) is 5.82 Å². The number of rotatable bonds is 4. The van der Waals surface area contributed by atoms with Gasteiger partial charge in [0.05, 0.1) is 5.92 Å². The Bertz CT molecular complexity index is 710. The van der Waals surface area contributed by atoms with Crippen LogP contribution >= 0.6 is 0 Å². The van der Waals surface area contributed by atoms with E-state index in [1.807, 2.05) is 13.8 Å². The number of halogens is 2. The molecular formula is C16H17F2N3O2. The molecule has 3 rings (SSSR count). The molecule has 1 fully saturated rings. The summed E-state index contributed by atoms with van der Waals surface area (Å²) in [5.74, 6) is -0.378. The van der Waals surface area contributed by atoms with E-state index in [0.717, 1.165) is 6.07 Å². The van der Waals surface area contributed by atoms with Crippen LogP contribution in [0.3, 0.4) is 0 Å². The Morgan fingerprint density at radius 3 is 2.61 bits per heavy atom. The molecule has 0 spiro atoms. The minimum absolute atomic E-state index is 0.0935. The number of carbonyl (C=O) groups is 1. The smallest absolute Gasteiger partial charge is 0.232 e. The topological polar surface area (TPSA) is 59.2 Å². The highest BCUT2D eigenvalue weighted by molar-refractivity contribution is 5.79. The normalized spacial score (nSPS) is 18.2. The third-order valence-electron chi connectivity index (χ3n) is 3.83. The molecule has 1 saturated heterocycles. The van der Waals surface area contributed by atoms with Gasteiger partial charge in [0, 0.05) is 31.5 Å². The number of hydrogen-bond acceptors (Lipinski definition) is 4. The highest BCUT2D eigenvalue weighted by Gasteiger charge is 2.34. The van der Waals surface area contributed by atoms with E-state index in [-0.39, 0.29) is 30.7 Å². The summed E-state index contributed by atoms with van der Waals surface area (Å²) in [4.78, 5) is 18.0. The maximum atomic E-state index is 13.2. The molecule has 0 aliphatic carbocycles. The van der Waals surface area contributed by atoms with Crippen molar-refractivity contribution >= 4 is 5.91 Å². The molecule has 0 saturated carbocycles. The third kappa shape index (κ3) is 3.38. The summed E-state index contributed by atoms with van der Waals surface area (Å²) in [5, 5.41) is 3.90. The molecule has 122 valence electrons. The van der Waals surface area contributed by atoms with Crippen LogP contribution in [0, 0.1) is 11.6 Å². The van der Waals surface area contributed by atoms with Gasteiger partial charge >= 0.3 is 0 Å². The molecule has 23 heavy (non-hydrogen) atoms. The van der Waals surface area contributed by atoms with Crippen LogP contribution in [0.5, 0.6) is 0 Å². The van der Waals surface area contributed by atoms with E-state index in [4.69, 9.17) is 4.52 Å². The Hall–Kier alpha value is -2.31. The van der Waals surface area contributed by atoms with E-state index in [1.165, 1.54) is 12.1 Å². The summed E-state index contributed by atoms with van der Waals surface area (Å²) in [5.41, 5.74) is 0.421. The minimum atomic E-state index is -0.651. The molecule has 1 amide bonds. The SMILES string of the molecule is CC(C)c1noc(C2CC(=O)N(Cc3cc(F)cc(F)c3)C2)n1. The number of nitrogens with zero attached hydrogens (tertiary/aromatic N) is 3. The molecule has 2 heterocycles. The number of likely N-dealkylation sites (tertiary alicyclic amines) is 1. The lowest BCUT2D eigenvalue weighted by Crippen LogP contribution is -2.24. The van der Waals surface area contributed by atoms with Gasteiger partial charge < -0.3 is 9.42 Å². The second-order valence-corrected chi connectivity index (χ2v) is 6.10. The van der Waals surface area contributed by atoms with Crippen LogP contribution in [-0.4, -0.2) is 27.5 Å². The molecule has 1 aliphatic heterocycles. The van der Waals surface area contributed by atoms with Gasteiger partial charge in [-0.3, -0.25) is 4.79 Å². The lowest BCUT2D eigenvalue weighted by atomic mass is 10.1. The van der Waals surface area contributed by atoms with Crippen LogP contribution in [-0.2, 0) is 11.3 Å². The minimum Gasteiger partial charge on any atom is -0.339 e. The van der Waals surface area contributed by atoms with Crippen molar-refractivity contribution in [2.45, 2.75) is 38.6 Å². The largest absolute Gasteiger partial charge is 0.339 e. The van der Waals surface area contributed by atoms with Crippen LogP contribution in [0.15, 0.2) is 22.7 Å². The van der Waals surface area contributed by atoms with Crippen LogP contribution in [0.4, 0.5) is 8.78 Å². The molecule has 0 radical (unpaired) electrons. The third-order valence-corrected chi connectivity index (χ3v) is 3.83. The van der Waals surface area contributed by atoms with Crippen LogP contribution in [0.25, 0.3) is 0 Å². The molecule has 5 nitrogen and oxygen atoms in total. The number of amides is 1. The highest BCUT2D eigenvalue weighted by Crippen LogP contribution is 2.29. The fraction of sp³-hybridized carbons (Fsp3) is 0.438. The molecule has 0 N–H and O–H groups in total. The first kappa shape index (κ1) is 15.6. The molecule has 2 aromatic rings. The predicted octanol–water partition coefficient (Wildman–Crippen LogP) is 2.99. The van der Waals surface area contributed by atoms with Gasteiger partial charge in [0.1, 0.15) is 11.6 Å². The summed E-state index contributed by atoms with van der Waals surface area (Å²) < 4.78 is 31.7. The van der Waals surface area contributed by atoms with E-state index in [1.54, 1.807) is 4.90 Å². The second kappa shape index (κ2) is 6.06. The maximum absolute atomic E-state index is 13.2. The lowest BCUT2D eigenvalue weighted by molar-refractivity contribution is -0.128. The molecule has 1 atom stereocenters. The first-order valence-electron chi connectivity index (χ1n) is 7.48. The Morgan fingerprint density at radius 2 is 2.00 bits per heavy atom. The summed E-state index contributed by atoms with van der Waals surface area (Å²) >= 11 is 0. The molecule has 1 aromatic carbocycles. The fourth-order valence-electron chi connectivity index (χ4n) is 2.66. The Kier molecular flexibility index (Phi) is 4.11. The van der Waals surface area contributed by atoms with Gasteiger partial charge in [-0.05, 0) is 17.7 Å². The standard InChI is InChI=1S/C16H17F2N3O2/c1-9(2)15-19-16(23-20-15)11-5-14(22)21(8-11)7-10-3-12(17)6-13(18)4-10/h3-4,6,9,11H,5,7-8H2,1-2H3. The number of aromatic nitrogens is 2. The fourth-order valence-corrected chi connectivity index (χ4v) is 2.66. The van der Waals surface area contributed by atoms with Gasteiger partial charge in [-0.2, -0.15) is 4.98 Å². The quantitative estimate of drug-likeness (QED) is 0.868. The van der Waals surface area contributed by atoms with E-state index < -0.39 is 11.6 Å². The monoisotopic (exact) mass is 321 g/mol. The van der Waals surface area contributed by atoms with Crippen LogP contribution in [0.1, 0.15) is 49.4 Å². The average molecular weight is 321 g/mol. The van der Waals surface area contributed by atoms with Crippen molar-refractivity contribution in [2.75, 3.05) is 6.54 Å². The molecule has 1 aromatic heterocycles. The molecule has 0 bridgehead atoms. The predicted molar refractivity (Wildman–Crippen MR) is 77.5 cm³/mol. The zero-order valence-electron chi connectivity index (χ0n) is 12.9. The van der Waals surface area contributed by atoms with Crippen molar-refractivity contribution in [3.63, 3.8) is 0 Å². The number of carbonyl (C=O) groups excluding carboxylic acids is 1. The summed E-state index contributed by atoms with van der Waals surface area (Å²) in [6.45, 7) is 4.48. The summed E-state index contributed by atoms with van der Waals surface area (Å²) in [7, 11) is 0. The maximum Gasteiger partial charge on any atom is 0.232 e. The zero-order valence-corrected chi connectivity index (χ0v) is 12.9. The van der Waals surface area contributed by atoms with E-state index >= 15 is 0 Å². The Balaban J connectivity index is 1.71. The average Bonchev–Trinajstić information content (AvgIpc) is 3.05. The van der Waals surface area contributed by atoms with Crippen molar-refractivity contribution < 1.29 is 18.1 Å². The second-order valence-electron chi connectivity index (χ2n) is 6.10. The summed E-state index contributed by atoms with van der Waals surface area (Å²) in [6.07, 6.45) is 0.261. The van der Waals surface area contributed by atoms with Crippen LogP contribution < -0.4 is 0 Å². The molecular weight excluding hydrogens is 304 g/mol. The molecule has 1 unspecified atom stereocenters.